The van der Waals surface area contributed by atoms with Gasteiger partial charge >= 0.3 is 0 Å². The van der Waals surface area contributed by atoms with E-state index in [0.29, 0.717) is 11.5 Å². The minimum absolute atomic E-state index is 0.0987. The Kier molecular flexibility index (Phi) is 5.14. The summed E-state index contributed by atoms with van der Waals surface area (Å²) < 4.78 is 0. The van der Waals surface area contributed by atoms with Crippen LogP contribution in [0.15, 0.2) is 54.9 Å². The van der Waals surface area contributed by atoms with Crippen molar-refractivity contribution in [3.63, 3.8) is 0 Å². The van der Waals surface area contributed by atoms with Crippen molar-refractivity contribution in [1.29, 1.82) is 0 Å². The molecular weight excluding hydrogens is 374 g/mol. The highest BCUT2D eigenvalue weighted by Gasteiger charge is 2.11. The molecule has 150 valence electrons. The van der Waals surface area contributed by atoms with Crippen LogP contribution in [0.1, 0.15) is 27.2 Å². The average molecular weight is 397 g/mol. The highest BCUT2D eigenvalue weighted by molar-refractivity contribution is 5.96. The number of amides is 1. The summed E-state index contributed by atoms with van der Waals surface area (Å²) in [5, 5.41) is 6.83. The van der Waals surface area contributed by atoms with Gasteiger partial charge < -0.3 is 10.6 Å². The second kappa shape index (κ2) is 7.91. The third-order valence-electron chi connectivity index (χ3n) is 5.08. The lowest BCUT2D eigenvalue weighted by atomic mass is 9.95. The van der Waals surface area contributed by atoms with Gasteiger partial charge in [-0.2, -0.15) is 0 Å². The van der Waals surface area contributed by atoms with Crippen molar-refractivity contribution in [1.82, 2.24) is 20.3 Å². The SMILES string of the molecule is CNC(=O)c1ccc(C)c(-c2cc(C)c3nc(Nc4ccc(C)nc4)ncc3c2)c1. The molecule has 6 nitrogen and oxygen atoms in total. The Bertz CT molecular complexity index is 1250. The fourth-order valence-electron chi connectivity index (χ4n) is 3.43. The molecule has 0 unspecified atom stereocenters. The van der Waals surface area contributed by atoms with Crippen LogP contribution in [-0.4, -0.2) is 27.9 Å². The van der Waals surface area contributed by atoms with E-state index >= 15 is 0 Å². The van der Waals surface area contributed by atoms with Crippen molar-refractivity contribution < 1.29 is 4.79 Å². The maximum absolute atomic E-state index is 12.1. The lowest BCUT2D eigenvalue weighted by Gasteiger charge is -2.12. The molecule has 0 radical (unpaired) electrons. The summed E-state index contributed by atoms with van der Waals surface area (Å²) in [5.74, 6) is 0.431. The number of aromatic nitrogens is 3. The molecule has 6 heteroatoms. The van der Waals surface area contributed by atoms with Gasteiger partial charge in [-0.25, -0.2) is 9.97 Å². The van der Waals surface area contributed by atoms with Crippen LogP contribution < -0.4 is 10.6 Å². The molecule has 1 amide bonds. The van der Waals surface area contributed by atoms with Crippen molar-refractivity contribution in [2.45, 2.75) is 20.8 Å². The summed E-state index contributed by atoms with van der Waals surface area (Å²) in [7, 11) is 1.64. The number of nitrogens with one attached hydrogen (secondary N) is 2. The molecule has 0 fully saturated rings. The van der Waals surface area contributed by atoms with E-state index in [1.165, 1.54) is 0 Å². The van der Waals surface area contributed by atoms with Crippen molar-refractivity contribution >= 4 is 28.4 Å². The first kappa shape index (κ1) is 19.5. The first-order chi connectivity index (χ1) is 14.4. The highest BCUT2D eigenvalue weighted by atomic mass is 16.1. The maximum atomic E-state index is 12.1. The zero-order valence-electron chi connectivity index (χ0n) is 17.4. The Morgan fingerprint density at radius 3 is 2.47 bits per heavy atom. The number of nitrogens with zero attached hydrogens (tertiary/aromatic N) is 3. The molecule has 2 N–H and O–H groups in total. The van der Waals surface area contributed by atoms with Gasteiger partial charge in [-0.3, -0.25) is 9.78 Å². The van der Waals surface area contributed by atoms with Crippen LogP contribution >= 0.6 is 0 Å². The van der Waals surface area contributed by atoms with Crippen molar-refractivity contribution in [3.8, 4) is 11.1 Å². The van der Waals surface area contributed by atoms with Gasteiger partial charge in [0.15, 0.2) is 0 Å². The number of anilines is 2. The number of rotatable bonds is 4. The molecule has 0 bridgehead atoms. The monoisotopic (exact) mass is 397 g/mol. The van der Waals surface area contributed by atoms with E-state index in [0.717, 1.165) is 44.5 Å². The molecule has 0 spiro atoms. The number of carbonyl (C=O) groups excluding carboxylic acids is 1. The zero-order valence-corrected chi connectivity index (χ0v) is 17.4. The van der Waals surface area contributed by atoms with Crippen molar-refractivity contribution in [3.05, 3.63) is 77.2 Å². The second-order valence-electron chi connectivity index (χ2n) is 7.35. The van der Waals surface area contributed by atoms with E-state index in [4.69, 9.17) is 4.98 Å². The summed E-state index contributed by atoms with van der Waals surface area (Å²) in [6, 6.07) is 13.8. The van der Waals surface area contributed by atoms with Crippen molar-refractivity contribution in [2.75, 3.05) is 12.4 Å². The number of fused-ring (bicyclic) bond motifs is 1. The standard InChI is InChI=1S/C24H23N5O/c1-14-5-7-17(23(30)25-4)11-21(14)18-9-15(2)22-19(10-18)12-27-24(29-22)28-20-8-6-16(3)26-13-20/h5-13H,1-4H3,(H,25,30)(H,27,28,29). The van der Waals surface area contributed by atoms with Crippen LogP contribution in [0.5, 0.6) is 0 Å². The molecular formula is C24H23N5O. The Morgan fingerprint density at radius 2 is 1.73 bits per heavy atom. The zero-order chi connectivity index (χ0) is 21.3. The lowest BCUT2D eigenvalue weighted by Crippen LogP contribution is -2.17. The molecule has 30 heavy (non-hydrogen) atoms. The van der Waals surface area contributed by atoms with E-state index in [9.17, 15) is 4.79 Å². The van der Waals surface area contributed by atoms with Crippen LogP contribution in [0.25, 0.3) is 22.0 Å². The Hall–Kier alpha value is -3.80. The van der Waals surface area contributed by atoms with Crippen LogP contribution in [0.2, 0.25) is 0 Å². The molecule has 0 aliphatic rings. The van der Waals surface area contributed by atoms with Gasteiger partial charge in [0.25, 0.3) is 5.91 Å². The summed E-state index contributed by atoms with van der Waals surface area (Å²) in [6.07, 6.45) is 3.59. The molecule has 0 saturated heterocycles. The molecule has 0 atom stereocenters. The van der Waals surface area contributed by atoms with Crippen LogP contribution in [0.3, 0.4) is 0 Å². The summed E-state index contributed by atoms with van der Waals surface area (Å²) in [6.45, 7) is 6.03. The molecule has 4 aromatic rings. The fraction of sp³-hybridized carbons (Fsp3) is 0.167. The van der Waals surface area contributed by atoms with E-state index in [1.54, 1.807) is 13.2 Å². The Labute approximate surface area is 175 Å². The minimum atomic E-state index is -0.0987. The largest absolute Gasteiger partial charge is 0.355 e. The number of aryl methyl sites for hydroxylation is 3. The first-order valence-electron chi connectivity index (χ1n) is 9.75. The van der Waals surface area contributed by atoms with Gasteiger partial charge in [0.2, 0.25) is 5.95 Å². The molecule has 0 aliphatic carbocycles. The fourth-order valence-corrected chi connectivity index (χ4v) is 3.43. The van der Waals surface area contributed by atoms with Gasteiger partial charge in [-0.05, 0) is 79.4 Å². The predicted octanol–water partition coefficient (Wildman–Crippen LogP) is 4.72. The third kappa shape index (κ3) is 3.85. The predicted molar refractivity (Wildman–Crippen MR) is 120 cm³/mol. The normalized spacial score (nSPS) is 10.8. The number of pyridine rings is 1. The van der Waals surface area contributed by atoms with Gasteiger partial charge in [0.1, 0.15) is 0 Å². The summed E-state index contributed by atoms with van der Waals surface area (Å²) in [5.41, 5.74) is 7.53. The van der Waals surface area contributed by atoms with Crippen LogP contribution in [-0.2, 0) is 0 Å². The van der Waals surface area contributed by atoms with Crippen molar-refractivity contribution in [2.24, 2.45) is 0 Å². The average Bonchev–Trinajstić information content (AvgIpc) is 2.75. The van der Waals surface area contributed by atoms with E-state index in [1.807, 2.05) is 57.3 Å². The molecule has 2 aromatic heterocycles. The third-order valence-corrected chi connectivity index (χ3v) is 5.08. The van der Waals surface area contributed by atoms with Crippen LogP contribution in [0.4, 0.5) is 11.6 Å². The summed E-state index contributed by atoms with van der Waals surface area (Å²) >= 11 is 0. The Balaban J connectivity index is 1.73. The molecule has 2 aromatic carbocycles. The summed E-state index contributed by atoms with van der Waals surface area (Å²) in [4.78, 5) is 25.5. The quantitative estimate of drug-likeness (QED) is 0.521. The topological polar surface area (TPSA) is 79.8 Å². The maximum Gasteiger partial charge on any atom is 0.251 e. The first-order valence-corrected chi connectivity index (χ1v) is 9.75. The van der Waals surface area contributed by atoms with E-state index in [-0.39, 0.29) is 5.91 Å². The number of carbonyl (C=O) groups is 1. The smallest absolute Gasteiger partial charge is 0.251 e. The minimum Gasteiger partial charge on any atom is -0.355 e. The van der Waals surface area contributed by atoms with Gasteiger partial charge in [0, 0.05) is 29.9 Å². The lowest BCUT2D eigenvalue weighted by molar-refractivity contribution is 0.0963. The van der Waals surface area contributed by atoms with Gasteiger partial charge in [0.05, 0.1) is 17.4 Å². The van der Waals surface area contributed by atoms with Gasteiger partial charge in [-0.15, -0.1) is 0 Å². The molecule has 2 heterocycles. The molecule has 0 aliphatic heterocycles. The Morgan fingerprint density at radius 1 is 0.900 bits per heavy atom. The molecule has 0 saturated carbocycles. The van der Waals surface area contributed by atoms with Crippen LogP contribution in [0, 0.1) is 20.8 Å². The molecule has 4 rings (SSSR count). The number of hydrogen-bond donors (Lipinski definition) is 2. The second-order valence-corrected chi connectivity index (χ2v) is 7.35. The highest BCUT2D eigenvalue weighted by Crippen LogP contribution is 2.30. The van der Waals surface area contributed by atoms with E-state index in [2.05, 4.69) is 32.7 Å². The number of hydrogen-bond acceptors (Lipinski definition) is 5. The van der Waals surface area contributed by atoms with E-state index < -0.39 is 0 Å². The number of benzene rings is 2. The van der Waals surface area contributed by atoms with Gasteiger partial charge in [-0.1, -0.05) is 6.07 Å².